The second kappa shape index (κ2) is 11.3. The van der Waals surface area contributed by atoms with Crippen LogP contribution in [0.5, 0.6) is 17.2 Å². The molecule has 1 heterocycles. The van der Waals surface area contributed by atoms with E-state index in [2.05, 4.69) is 15.9 Å². The Morgan fingerprint density at radius 2 is 1.56 bits per heavy atom. The van der Waals surface area contributed by atoms with Gasteiger partial charge in [-0.3, -0.25) is 14.5 Å². The Kier molecular flexibility index (Phi) is 7.92. The standard InChI is InChI=1S/C26H22BrNO5S/c1-31-22-8-4-5-9-23(22)32-15-14-28-25(29)24(34-26(28)30)16-19-6-2-3-7-21(19)33-17-18-10-12-20(27)13-11-18/h2-13,16H,14-15,17H2,1H3/b24-16-. The maximum atomic E-state index is 12.9. The Balaban J connectivity index is 1.41. The van der Waals surface area contributed by atoms with Gasteiger partial charge in [0.05, 0.1) is 18.6 Å². The molecule has 0 unspecified atom stereocenters. The number of methoxy groups -OCH3 is 1. The monoisotopic (exact) mass is 539 g/mol. The summed E-state index contributed by atoms with van der Waals surface area (Å²) in [5.74, 6) is 1.44. The van der Waals surface area contributed by atoms with Gasteiger partial charge in [0, 0.05) is 10.0 Å². The second-order valence-electron chi connectivity index (χ2n) is 7.29. The molecule has 3 aromatic carbocycles. The number of imide groups is 1. The number of amides is 2. The highest BCUT2D eigenvalue weighted by Gasteiger charge is 2.35. The summed E-state index contributed by atoms with van der Waals surface area (Å²) in [5, 5.41) is -0.326. The number of benzene rings is 3. The van der Waals surface area contributed by atoms with E-state index in [9.17, 15) is 9.59 Å². The first kappa shape index (κ1) is 23.9. The van der Waals surface area contributed by atoms with Crippen molar-refractivity contribution in [3.05, 3.63) is 93.3 Å². The number of rotatable bonds is 9. The summed E-state index contributed by atoms with van der Waals surface area (Å²) < 4.78 is 18.0. The molecule has 6 nitrogen and oxygen atoms in total. The van der Waals surface area contributed by atoms with Crippen LogP contribution >= 0.6 is 27.7 Å². The summed E-state index contributed by atoms with van der Waals surface area (Å²) in [6.45, 7) is 0.695. The SMILES string of the molecule is COc1ccccc1OCCN1C(=O)S/C(=C\c2ccccc2OCc2ccc(Br)cc2)C1=O. The molecule has 3 aromatic rings. The van der Waals surface area contributed by atoms with E-state index in [1.807, 2.05) is 60.7 Å². The molecule has 0 spiro atoms. The summed E-state index contributed by atoms with van der Waals surface area (Å²) >= 11 is 4.34. The van der Waals surface area contributed by atoms with Crippen molar-refractivity contribution in [3.8, 4) is 17.2 Å². The first-order valence-corrected chi connectivity index (χ1v) is 12.1. The number of halogens is 1. The maximum absolute atomic E-state index is 12.9. The third kappa shape index (κ3) is 5.81. The Bertz CT molecular complexity index is 1210. The maximum Gasteiger partial charge on any atom is 0.293 e. The molecule has 0 aromatic heterocycles. The predicted molar refractivity (Wildman–Crippen MR) is 136 cm³/mol. The molecule has 2 amide bonds. The zero-order chi connectivity index (χ0) is 23.9. The molecular weight excluding hydrogens is 518 g/mol. The minimum atomic E-state index is -0.346. The van der Waals surface area contributed by atoms with Crippen LogP contribution in [0.15, 0.2) is 82.2 Å². The summed E-state index contributed by atoms with van der Waals surface area (Å²) in [6.07, 6.45) is 1.70. The van der Waals surface area contributed by atoms with Gasteiger partial charge in [-0.15, -0.1) is 0 Å². The van der Waals surface area contributed by atoms with Gasteiger partial charge in [-0.2, -0.15) is 0 Å². The molecule has 34 heavy (non-hydrogen) atoms. The number of carbonyl (C=O) groups excluding carboxylic acids is 2. The van der Waals surface area contributed by atoms with Gasteiger partial charge < -0.3 is 14.2 Å². The molecule has 1 aliphatic rings. The molecule has 8 heteroatoms. The van der Waals surface area contributed by atoms with Crippen molar-refractivity contribution in [2.45, 2.75) is 6.61 Å². The van der Waals surface area contributed by atoms with Crippen LogP contribution in [0.4, 0.5) is 4.79 Å². The third-order valence-corrected chi connectivity index (χ3v) is 6.46. The second-order valence-corrected chi connectivity index (χ2v) is 9.19. The Morgan fingerprint density at radius 3 is 2.29 bits per heavy atom. The molecule has 1 saturated heterocycles. The number of nitrogens with zero attached hydrogens (tertiary/aromatic N) is 1. The van der Waals surface area contributed by atoms with Crippen molar-refractivity contribution in [3.63, 3.8) is 0 Å². The Hall–Kier alpha value is -3.23. The number of para-hydroxylation sites is 3. The highest BCUT2D eigenvalue weighted by atomic mass is 79.9. The zero-order valence-electron chi connectivity index (χ0n) is 18.4. The normalized spacial score (nSPS) is 14.5. The summed E-state index contributed by atoms with van der Waals surface area (Å²) in [6, 6.07) is 22.5. The van der Waals surface area contributed by atoms with Crippen LogP contribution < -0.4 is 14.2 Å². The van der Waals surface area contributed by atoms with E-state index in [0.29, 0.717) is 28.8 Å². The summed E-state index contributed by atoms with van der Waals surface area (Å²) in [5.41, 5.74) is 1.75. The molecule has 0 bridgehead atoms. The molecule has 1 fully saturated rings. The minimum absolute atomic E-state index is 0.141. The molecule has 1 aliphatic heterocycles. The first-order chi connectivity index (χ1) is 16.5. The molecule has 174 valence electrons. The van der Waals surface area contributed by atoms with Gasteiger partial charge in [0.15, 0.2) is 11.5 Å². The van der Waals surface area contributed by atoms with Gasteiger partial charge in [-0.1, -0.05) is 58.4 Å². The van der Waals surface area contributed by atoms with Crippen LogP contribution in [0.3, 0.4) is 0 Å². The highest BCUT2D eigenvalue weighted by Crippen LogP contribution is 2.34. The van der Waals surface area contributed by atoms with Crippen LogP contribution in [0, 0.1) is 0 Å². The fourth-order valence-electron chi connectivity index (χ4n) is 3.29. The molecule has 0 N–H and O–H groups in total. The highest BCUT2D eigenvalue weighted by molar-refractivity contribution is 9.10. The third-order valence-electron chi connectivity index (χ3n) is 5.03. The Morgan fingerprint density at radius 1 is 0.882 bits per heavy atom. The average molecular weight is 540 g/mol. The van der Waals surface area contributed by atoms with E-state index >= 15 is 0 Å². The fraction of sp³-hybridized carbons (Fsp3) is 0.154. The topological polar surface area (TPSA) is 65.1 Å². The predicted octanol–water partition coefficient (Wildman–Crippen LogP) is 6.15. The van der Waals surface area contributed by atoms with Gasteiger partial charge in [-0.05, 0) is 53.7 Å². The number of carbonyl (C=O) groups is 2. The van der Waals surface area contributed by atoms with Crippen molar-refractivity contribution in [1.29, 1.82) is 0 Å². The van der Waals surface area contributed by atoms with E-state index < -0.39 is 0 Å². The number of ether oxygens (including phenoxy) is 3. The quantitative estimate of drug-likeness (QED) is 0.304. The first-order valence-electron chi connectivity index (χ1n) is 10.5. The van der Waals surface area contributed by atoms with Gasteiger partial charge in [0.2, 0.25) is 0 Å². The van der Waals surface area contributed by atoms with E-state index in [1.165, 1.54) is 4.90 Å². The molecule has 0 atom stereocenters. The fourth-order valence-corrected chi connectivity index (χ4v) is 4.41. The van der Waals surface area contributed by atoms with Gasteiger partial charge in [0.1, 0.15) is 19.0 Å². The number of thioether (sulfide) groups is 1. The van der Waals surface area contributed by atoms with E-state index in [4.69, 9.17) is 14.2 Å². The lowest BCUT2D eigenvalue weighted by Crippen LogP contribution is -2.32. The van der Waals surface area contributed by atoms with E-state index in [-0.39, 0.29) is 24.3 Å². The van der Waals surface area contributed by atoms with Crippen molar-refractivity contribution < 1.29 is 23.8 Å². The van der Waals surface area contributed by atoms with Gasteiger partial charge in [0.25, 0.3) is 11.1 Å². The van der Waals surface area contributed by atoms with E-state index in [1.54, 1.807) is 25.3 Å². The lowest BCUT2D eigenvalue weighted by Gasteiger charge is -2.14. The van der Waals surface area contributed by atoms with Crippen LogP contribution in [0.2, 0.25) is 0 Å². The largest absolute Gasteiger partial charge is 0.493 e. The molecule has 0 radical (unpaired) electrons. The lowest BCUT2D eigenvalue weighted by molar-refractivity contribution is -0.123. The average Bonchev–Trinajstić information content (AvgIpc) is 3.12. The van der Waals surface area contributed by atoms with Crippen LogP contribution in [0.25, 0.3) is 6.08 Å². The molecule has 4 rings (SSSR count). The molecular formula is C26H22BrNO5S. The van der Waals surface area contributed by atoms with Gasteiger partial charge in [-0.25, -0.2) is 0 Å². The van der Waals surface area contributed by atoms with Crippen molar-refractivity contribution in [2.24, 2.45) is 0 Å². The van der Waals surface area contributed by atoms with Crippen molar-refractivity contribution >= 4 is 44.9 Å². The minimum Gasteiger partial charge on any atom is -0.493 e. The summed E-state index contributed by atoms with van der Waals surface area (Å²) in [4.78, 5) is 26.9. The molecule has 0 aliphatic carbocycles. The zero-order valence-corrected chi connectivity index (χ0v) is 20.8. The van der Waals surface area contributed by atoms with Crippen LogP contribution in [0.1, 0.15) is 11.1 Å². The summed E-state index contributed by atoms with van der Waals surface area (Å²) in [7, 11) is 1.56. The Labute approximate surface area is 210 Å². The van der Waals surface area contributed by atoms with E-state index in [0.717, 1.165) is 27.4 Å². The van der Waals surface area contributed by atoms with Crippen LogP contribution in [-0.2, 0) is 11.4 Å². The van der Waals surface area contributed by atoms with Crippen molar-refractivity contribution in [1.82, 2.24) is 4.90 Å². The lowest BCUT2D eigenvalue weighted by atomic mass is 10.1. The van der Waals surface area contributed by atoms with Gasteiger partial charge >= 0.3 is 0 Å². The number of hydrogen-bond donors (Lipinski definition) is 0. The smallest absolute Gasteiger partial charge is 0.293 e. The van der Waals surface area contributed by atoms with Crippen LogP contribution in [-0.4, -0.2) is 36.3 Å². The van der Waals surface area contributed by atoms with Crippen molar-refractivity contribution in [2.75, 3.05) is 20.3 Å². The number of hydrogen-bond acceptors (Lipinski definition) is 6. The molecule has 0 saturated carbocycles.